The molecule has 0 radical (unpaired) electrons. The lowest BCUT2D eigenvalue weighted by atomic mass is 9.99. The van der Waals surface area contributed by atoms with Gasteiger partial charge < -0.3 is 5.32 Å². The molecule has 2 rings (SSSR count). The van der Waals surface area contributed by atoms with E-state index in [1.807, 2.05) is 27.2 Å². The molecular weight excluding hydrogens is 248 g/mol. The summed E-state index contributed by atoms with van der Waals surface area (Å²) >= 11 is 0. The van der Waals surface area contributed by atoms with Gasteiger partial charge in [0.25, 0.3) is 0 Å². The van der Waals surface area contributed by atoms with Crippen LogP contribution in [0.1, 0.15) is 22.9 Å². The first kappa shape index (κ1) is 13.7. The van der Waals surface area contributed by atoms with Crippen LogP contribution >= 0.6 is 0 Å². The average molecular weight is 265 g/mol. The molecule has 0 bridgehead atoms. The molecule has 0 aliphatic carbocycles. The predicted octanol–water partition coefficient (Wildman–Crippen LogP) is 2.51. The van der Waals surface area contributed by atoms with E-state index in [0.717, 1.165) is 17.3 Å². The van der Waals surface area contributed by atoms with Crippen molar-refractivity contribution in [1.29, 1.82) is 0 Å². The van der Waals surface area contributed by atoms with Crippen LogP contribution in [0, 0.1) is 18.6 Å². The number of aromatic nitrogens is 2. The average Bonchev–Trinajstić information content (AvgIpc) is 2.68. The molecule has 0 amide bonds. The maximum atomic E-state index is 13.7. The minimum atomic E-state index is -0.556. The summed E-state index contributed by atoms with van der Waals surface area (Å²) in [6.45, 7) is 1.92. The second-order valence-electron chi connectivity index (χ2n) is 4.62. The molecule has 5 heteroatoms. The van der Waals surface area contributed by atoms with E-state index in [1.165, 1.54) is 12.1 Å². The lowest BCUT2D eigenvalue weighted by Crippen LogP contribution is -2.19. The van der Waals surface area contributed by atoms with E-state index in [4.69, 9.17) is 0 Å². The van der Waals surface area contributed by atoms with Crippen molar-refractivity contribution in [1.82, 2.24) is 15.1 Å². The molecular formula is C14H17F2N3. The Bertz CT molecular complexity index is 578. The fourth-order valence-corrected chi connectivity index (χ4v) is 2.23. The van der Waals surface area contributed by atoms with Crippen molar-refractivity contribution < 1.29 is 8.78 Å². The van der Waals surface area contributed by atoms with Gasteiger partial charge in [-0.3, -0.25) is 4.68 Å². The van der Waals surface area contributed by atoms with Crippen LogP contribution in [-0.2, 0) is 13.5 Å². The van der Waals surface area contributed by atoms with Gasteiger partial charge in [0.05, 0.1) is 5.69 Å². The maximum Gasteiger partial charge on any atom is 0.129 e. The Morgan fingerprint density at radius 1 is 1.37 bits per heavy atom. The van der Waals surface area contributed by atoms with Crippen molar-refractivity contribution in [3.63, 3.8) is 0 Å². The highest BCUT2D eigenvalue weighted by Crippen LogP contribution is 2.22. The third-order valence-electron chi connectivity index (χ3n) is 3.21. The van der Waals surface area contributed by atoms with Crippen LogP contribution in [0.25, 0.3) is 0 Å². The standard InChI is InChI=1S/C14H17F2N3/c1-9-12(8-19(3)18-9)14(17-2)6-10-4-5-11(15)7-13(10)16/h4-5,7-8,14,17H,6H2,1-3H3. The molecule has 102 valence electrons. The van der Waals surface area contributed by atoms with Gasteiger partial charge in [0.15, 0.2) is 0 Å². The highest BCUT2D eigenvalue weighted by molar-refractivity contribution is 5.25. The first-order chi connectivity index (χ1) is 9.01. The minimum absolute atomic E-state index is 0.0475. The lowest BCUT2D eigenvalue weighted by molar-refractivity contribution is 0.539. The van der Waals surface area contributed by atoms with Gasteiger partial charge in [-0.2, -0.15) is 5.10 Å². The Hall–Kier alpha value is -1.75. The number of hydrogen-bond acceptors (Lipinski definition) is 2. The Balaban J connectivity index is 2.26. The van der Waals surface area contributed by atoms with Gasteiger partial charge in [-0.1, -0.05) is 6.07 Å². The molecule has 0 saturated heterocycles. The predicted molar refractivity (Wildman–Crippen MR) is 69.8 cm³/mol. The molecule has 0 fully saturated rings. The molecule has 2 aromatic rings. The monoisotopic (exact) mass is 265 g/mol. The number of rotatable bonds is 4. The molecule has 3 nitrogen and oxygen atoms in total. The summed E-state index contributed by atoms with van der Waals surface area (Å²) in [4.78, 5) is 0. The first-order valence-corrected chi connectivity index (χ1v) is 6.12. The first-order valence-electron chi connectivity index (χ1n) is 6.12. The summed E-state index contributed by atoms with van der Waals surface area (Å²) in [5.41, 5.74) is 2.42. The zero-order valence-corrected chi connectivity index (χ0v) is 11.2. The molecule has 1 heterocycles. The summed E-state index contributed by atoms with van der Waals surface area (Å²) in [7, 11) is 3.67. The quantitative estimate of drug-likeness (QED) is 0.920. The Morgan fingerprint density at radius 2 is 2.11 bits per heavy atom. The maximum absolute atomic E-state index is 13.7. The molecule has 0 aliphatic heterocycles. The summed E-state index contributed by atoms with van der Waals surface area (Å²) < 4.78 is 28.3. The Labute approximate surface area is 111 Å². The molecule has 0 aliphatic rings. The number of nitrogens with zero attached hydrogens (tertiary/aromatic N) is 2. The van der Waals surface area contributed by atoms with E-state index in [1.54, 1.807) is 4.68 Å². The SMILES string of the molecule is CNC(Cc1ccc(F)cc1F)c1cn(C)nc1C. The number of nitrogens with one attached hydrogen (secondary N) is 1. The van der Waals surface area contributed by atoms with E-state index in [0.29, 0.717) is 12.0 Å². The fraction of sp³-hybridized carbons (Fsp3) is 0.357. The lowest BCUT2D eigenvalue weighted by Gasteiger charge is -2.16. The van der Waals surface area contributed by atoms with Crippen LogP contribution in [-0.4, -0.2) is 16.8 Å². The molecule has 19 heavy (non-hydrogen) atoms. The van der Waals surface area contributed by atoms with Crippen molar-refractivity contribution in [3.8, 4) is 0 Å². The second-order valence-corrected chi connectivity index (χ2v) is 4.62. The largest absolute Gasteiger partial charge is 0.313 e. The third-order valence-corrected chi connectivity index (χ3v) is 3.21. The Kier molecular flexibility index (Phi) is 3.95. The number of hydrogen-bond donors (Lipinski definition) is 1. The summed E-state index contributed by atoms with van der Waals surface area (Å²) in [6.07, 6.45) is 2.37. The van der Waals surface area contributed by atoms with E-state index in [9.17, 15) is 8.78 Å². The summed E-state index contributed by atoms with van der Waals surface area (Å²) in [5, 5.41) is 7.43. The highest BCUT2D eigenvalue weighted by atomic mass is 19.1. The summed E-state index contributed by atoms with van der Waals surface area (Å²) in [6, 6.07) is 3.63. The number of likely N-dealkylation sites (N-methyl/N-ethyl adjacent to an activating group) is 1. The van der Waals surface area contributed by atoms with E-state index in [-0.39, 0.29) is 6.04 Å². The summed E-state index contributed by atoms with van der Waals surface area (Å²) in [5.74, 6) is -1.07. The third kappa shape index (κ3) is 2.98. The van der Waals surface area contributed by atoms with Crippen molar-refractivity contribution in [2.75, 3.05) is 7.05 Å². The highest BCUT2D eigenvalue weighted by Gasteiger charge is 2.17. The molecule has 1 N–H and O–H groups in total. The van der Waals surface area contributed by atoms with Crippen molar-refractivity contribution in [3.05, 3.63) is 52.9 Å². The van der Waals surface area contributed by atoms with Gasteiger partial charge in [0.1, 0.15) is 11.6 Å². The van der Waals surface area contributed by atoms with Gasteiger partial charge in [-0.15, -0.1) is 0 Å². The Morgan fingerprint density at radius 3 is 2.63 bits per heavy atom. The smallest absolute Gasteiger partial charge is 0.129 e. The number of halogens is 2. The normalized spacial score (nSPS) is 12.7. The van der Waals surface area contributed by atoms with E-state index in [2.05, 4.69) is 10.4 Å². The zero-order valence-electron chi connectivity index (χ0n) is 11.2. The van der Waals surface area contributed by atoms with Crippen LogP contribution in [0.15, 0.2) is 24.4 Å². The molecule has 1 unspecified atom stereocenters. The van der Waals surface area contributed by atoms with Gasteiger partial charge in [0, 0.05) is 30.9 Å². The van der Waals surface area contributed by atoms with Crippen molar-refractivity contribution >= 4 is 0 Å². The van der Waals surface area contributed by atoms with Gasteiger partial charge in [-0.05, 0) is 32.0 Å². The molecule has 1 aromatic carbocycles. The van der Waals surface area contributed by atoms with E-state index < -0.39 is 11.6 Å². The van der Waals surface area contributed by atoms with Gasteiger partial charge >= 0.3 is 0 Å². The number of aryl methyl sites for hydroxylation is 2. The zero-order chi connectivity index (χ0) is 14.0. The second kappa shape index (κ2) is 5.48. The fourth-order valence-electron chi connectivity index (χ4n) is 2.23. The van der Waals surface area contributed by atoms with Crippen LogP contribution < -0.4 is 5.32 Å². The van der Waals surface area contributed by atoms with Crippen LogP contribution in [0.2, 0.25) is 0 Å². The molecule has 1 atom stereocenters. The minimum Gasteiger partial charge on any atom is -0.313 e. The van der Waals surface area contributed by atoms with Crippen molar-refractivity contribution in [2.24, 2.45) is 7.05 Å². The van der Waals surface area contributed by atoms with Crippen LogP contribution in [0.5, 0.6) is 0 Å². The van der Waals surface area contributed by atoms with Crippen molar-refractivity contribution in [2.45, 2.75) is 19.4 Å². The number of benzene rings is 1. The molecule has 0 saturated carbocycles. The van der Waals surface area contributed by atoms with E-state index >= 15 is 0 Å². The van der Waals surface area contributed by atoms with Crippen LogP contribution in [0.3, 0.4) is 0 Å². The van der Waals surface area contributed by atoms with Crippen LogP contribution in [0.4, 0.5) is 8.78 Å². The molecule has 1 aromatic heterocycles. The van der Waals surface area contributed by atoms with Gasteiger partial charge in [-0.25, -0.2) is 8.78 Å². The molecule has 0 spiro atoms. The topological polar surface area (TPSA) is 29.9 Å². The van der Waals surface area contributed by atoms with Gasteiger partial charge in [0.2, 0.25) is 0 Å².